The fraction of sp³-hybridized carbons (Fsp3) is 0.722. The van der Waals surface area contributed by atoms with Gasteiger partial charge in [0.25, 0.3) is 0 Å². The van der Waals surface area contributed by atoms with Crippen molar-refractivity contribution in [2.75, 3.05) is 0 Å². The van der Waals surface area contributed by atoms with Crippen LogP contribution in [0.2, 0.25) is 29.6 Å². The van der Waals surface area contributed by atoms with E-state index in [-0.39, 0.29) is 0 Å². The van der Waals surface area contributed by atoms with Gasteiger partial charge in [0.1, 0.15) is 0 Å². The van der Waals surface area contributed by atoms with Crippen LogP contribution in [0.4, 0.5) is 0 Å². The number of fused-ring (bicyclic) bond motifs is 2. The van der Waals surface area contributed by atoms with Crippen molar-refractivity contribution in [1.29, 1.82) is 0 Å². The molecule has 226 valence electrons. The normalized spacial score (nSPS) is 12.8. The number of benzene rings is 1. The van der Waals surface area contributed by atoms with E-state index < -0.39 is 36.8 Å². The third-order valence-electron chi connectivity index (χ3n) is 8.70. The molecule has 0 unspecified atom stereocenters. The topological polar surface area (TPSA) is 0 Å². The van der Waals surface area contributed by atoms with Crippen LogP contribution in [0.3, 0.4) is 0 Å². The maximum absolute atomic E-state index is 2.71. The SMILES string of the molecule is CCCCCCCCCCc1c2c[c]([Sn]([CH3])([CH3])[CH3])sc2c(CCCCCCCCCC)c2c[c]([Sn]([CH3])([CH3])[CH3])sc12. The molecule has 0 aliphatic heterocycles. The van der Waals surface area contributed by atoms with E-state index in [4.69, 9.17) is 0 Å². The second kappa shape index (κ2) is 17.3. The first kappa shape index (κ1) is 35.2. The molecular formula is C36H62S2Sn2. The minimum atomic E-state index is -2.15. The van der Waals surface area contributed by atoms with Gasteiger partial charge >= 0.3 is 241 Å². The van der Waals surface area contributed by atoms with Gasteiger partial charge in [0, 0.05) is 0 Å². The molecule has 0 spiro atoms. The van der Waals surface area contributed by atoms with E-state index in [9.17, 15) is 0 Å². The van der Waals surface area contributed by atoms with E-state index >= 15 is 0 Å². The van der Waals surface area contributed by atoms with Crippen LogP contribution >= 0.6 is 22.7 Å². The molecule has 2 aromatic heterocycles. The van der Waals surface area contributed by atoms with Crippen molar-refractivity contribution < 1.29 is 0 Å². The molecule has 0 N–H and O–H groups in total. The Morgan fingerprint density at radius 3 is 1.05 bits per heavy atom. The van der Waals surface area contributed by atoms with Crippen molar-refractivity contribution in [2.45, 2.75) is 159 Å². The Morgan fingerprint density at radius 1 is 0.450 bits per heavy atom. The molecule has 1 aromatic carbocycles. The third kappa shape index (κ3) is 10.4. The number of aryl methyl sites for hydroxylation is 2. The molecule has 0 atom stereocenters. The molecule has 0 aliphatic carbocycles. The number of thiophene rings is 2. The molecule has 2 heterocycles. The van der Waals surface area contributed by atoms with Crippen LogP contribution in [0.5, 0.6) is 0 Å². The molecule has 0 aliphatic rings. The Kier molecular flexibility index (Phi) is 15.2. The summed E-state index contributed by atoms with van der Waals surface area (Å²) in [4.78, 5) is 15.7. The summed E-state index contributed by atoms with van der Waals surface area (Å²) in [5, 5.41) is 3.35. The van der Waals surface area contributed by atoms with E-state index in [0.717, 1.165) is 0 Å². The van der Waals surface area contributed by atoms with Gasteiger partial charge in [-0.2, -0.15) is 0 Å². The predicted molar refractivity (Wildman–Crippen MR) is 196 cm³/mol. The third-order valence-corrected chi connectivity index (χ3v) is 29.9. The average Bonchev–Trinajstić information content (AvgIpc) is 3.53. The summed E-state index contributed by atoms with van der Waals surface area (Å²) in [6.07, 6.45) is 25.1. The van der Waals surface area contributed by atoms with Crippen molar-refractivity contribution >= 4 is 85.4 Å². The van der Waals surface area contributed by atoms with Gasteiger partial charge in [-0.3, -0.25) is 0 Å². The molecule has 0 radical (unpaired) electrons. The van der Waals surface area contributed by atoms with Gasteiger partial charge in [0.05, 0.1) is 0 Å². The summed E-state index contributed by atoms with van der Waals surface area (Å²) in [5.41, 5.74) is 3.47. The Balaban J connectivity index is 1.88. The Bertz CT molecular complexity index is 1010. The van der Waals surface area contributed by atoms with E-state index in [1.165, 1.54) is 116 Å². The van der Waals surface area contributed by atoms with Crippen LogP contribution in [0.15, 0.2) is 12.1 Å². The molecule has 4 heteroatoms. The molecule has 0 bridgehead atoms. The second-order valence-electron chi connectivity index (χ2n) is 14.6. The predicted octanol–water partition coefficient (Wildman–Crippen LogP) is 12.6. The summed E-state index contributed by atoms with van der Waals surface area (Å²) in [6.45, 7) is 4.64. The Hall–Kier alpha value is 0.737. The number of unbranched alkanes of at least 4 members (excludes halogenated alkanes) is 14. The van der Waals surface area contributed by atoms with E-state index in [1.54, 1.807) is 37.1 Å². The zero-order valence-electron chi connectivity index (χ0n) is 27.7. The van der Waals surface area contributed by atoms with Crippen molar-refractivity contribution in [1.82, 2.24) is 0 Å². The van der Waals surface area contributed by atoms with Gasteiger partial charge in [0.15, 0.2) is 0 Å². The maximum atomic E-state index is 2.71. The first-order valence-corrected chi connectivity index (χ1v) is 38.7. The zero-order valence-corrected chi connectivity index (χ0v) is 35.0. The standard InChI is InChI=1S/C30H44S2.6CH3.2Sn/c1-3-5-7-9-11-13-15-17-19-25-27-21-23-32-30(27)26(28-22-24-31-29(25)28)20-18-16-14-12-10-8-6-4-2;;;;;;;;/h21-22H,3-20H2,1-2H3;6*1H3;;. The fourth-order valence-electron chi connectivity index (χ4n) is 6.03. The van der Waals surface area contributed by atoms with E-state index in [1.807, 2.05) is 0 Å². The number of rotatable bonds is 20. The molecular weight excluding hydrogens is 734 g/mol. The van der Waals surface area contributed by atoms with Crippen LogP contribution in [0, 0.1) is 0 Å². The van der Waals surface area contributed by atoms with Gasteiger partial charge < -0.3 is 0 Å². The number of hydrogen-bond acceptors (Lipinski definition) is 2. The van der Waals surface area contributed by atoms with E-state index in [0.29, 0.717) is 0 Å². The molecule has 0 nitrogen and oxygen atoms in total. The van der Waals surface area contributed by atoms with Crippen molar-refractivity contribution in [2.24, 2.45) is 0 Å². The second-order valence-corrected chi connectivity index (χ2v) is 47.5. The summed E-state index contributed by atoms with van der Waals surface area (Å²) >= 11 is 0.154. The van der Waals surface area contributed by atoms with Crippen molar-refractivity contribution in [3.8, 4) is 0 Å². The molecule has 0 fully saturated rings. The van der Waals surface area contributed by atoms with Crippen LogP contribution in [0.25, 0.3) is 20.2 Å². The van der Waals surface area contributed by atoms with Crippen molar-refractivity contribution in [3.63, 3.8) is 0 Å². The monoisotopic (exact) mass is 798 g/mol. The minimum absolute atomic E-state index is 1.29. The van der Waals surface area contributed by atoms with Gasteiger partial charge in [-0.15, -0.1) is 0 Å². The quantitative estimate of drug-likeness (QED) is 0.0789. The van der Waals surface area contributed by atoms with Crippen LogP contribution < -0.4 is 5.79 Å². The van der Waals surface area contributed by atoms with E-state index in [2.05, 4.69) is 78.3 Å². The number of hydrogen-bond donors (Lipinski definition) is 0. The fourth-order valence-corrected chi connectivity index (χ4v) is 19.0. The molecule has 0 amide bonds. The van der Waals surface area contributed by atoms with Gasteiger partial charge in [0.2, 0.25) is 0 Å². The first-order valence-electron chi connectivity index (χ1n) is 17.1. The zero-order chi connectivity index (χ0) is 29.2. The Labute approximate surface area is 265 Å². The molecule has 0 saturated heterocycles. The first-order chi connectivity index (χ1) is 19.1. The Morgan fingerprint density at radius 2 is 0.750 bits per heavy atom. The molecule has 3 rings (SSSR count). The van der Waals surface area contributed by atoms with Crippen LogP contribution in [-0.4, -0.2) is 36.8 Å². The van der Waals surface area contributed by atoms with Gasteiger partial charge in [-0.05, 0) is 0 Å². The summed E-state index contributed by atoms with van der Waals surface area (Å²) in [6, 6.07) is 5.43. The summed E-state index contributed by atoms with van der Waals surface area (Å²) in [5.74, 6) is 0. The van der Waals surface area contributed by atoms with Gasteiger partial charge in [-0.1, -0.05) is 26.7 Å². The summed E-state index contributed by atoms with van der Waals surface area (Å²) in [7, 11) is 0. The van der Waals surface area contributed by atoms with Crippen LogP contribution in [-0.2, 0) is 12.8 Å². The van der Waals surface area contributed by atoms with Gasteiger partial charge in [-0.25, -0.2) is 0 Å². The van der Waals surface area contributed by atoms with Crippen LogP contribution in [0.1, 0.15) is 128 Å². The average molecular weight is 796 g/mol. The molecule has 40 heavy (non-hydrogen) atoms. The van der Waals surface area contributed by atoms with Crippen molar-refractivity contribution in [3.05, 3.63) is 23.3 Å². The molecule has 0 saturated carbocycles. The molecule has 3 aromatic rings. The summed E-state index contributed by atoms with van der Waals surface area (Å²) < 4.78 is 6.96.